The van der Waals surface area contributed by atoms with Crippen LogP contribution in [0.4, 0.5) is 0 Å². The summed E-state index contributed by atoms with van der Waals surface area (Å²) < 4.78 is 11.7. The van der Waals surface area contributed by atoms with Gasteiger partial charge in [-0.2, -0.15) is 0 Å². The number of carbonyl (C=O) groups excluding carboxylic acids is 1. The molecule has 0 amide bonds. The molecule has 1 atom stereocenters. The first-order valence-electron chi connectivity index (χ1n) is 8.35. The zero-order valence-electron chi connectivity index (χ0n) is 13.9. The Balaban J connectivity index is 1.68. The van der Waals surface area contributed by atoms with Gasteiger partial charge in [-0.05, 0) is 24.6 Å². The highest BCUT2D eigenvalue weighted by Gasteiger charge is 2.34. The van der Waals surface area contributed by atoms with Gasteiger partial charge in [-0.3, -0.25) is 4.79 Å². The van der Waals surface area contributed by atoms with Gasteiger partial charge in [0.25, 0.3) is 0 Å². The van der Waals surface area contributed by atoms with E-state index in [4.69, 9.17) is 9.47 Å². The van der Waals surface area contributed by atoms with Crippen LogP contribution in [0, 0.1) is 0 Å². The van der Waals surface area contributed by atoms with Crippen LogP contribution in [0.2, 0.25) is 0 Å². The van der Waals surface area contributed by atoms with Gasteiger partial charge in [0.05, 0.1) is 0 Å². The number of para-hydroxylation sites is 2. The highest BCUT2D eigenvalue weighted by Crippen LogP contribution is 2.44. The van der Waals surface area contributed by atoms with Gasteiger partial charge in [0.2, 0.25) is 0 Å². The third-order valence-corrected chi connectivity index (χ3v) is 4.48. The summed E-state index contributed by atoms with van der Waals surface area (Å²) in [5.74, 6) is 0.665. The van der Waals surface area contributed by atoms with Crippen molar-refractivity contribution < 1.29 is 14.3 Å². The Bertz CT molecular complexity index is 856. The summed E-state index contributed by atoms with van der Waals surface area (Å²) in [6.07, 6.45) is -0.309. The van der Waals surface area contributed by atoms with Crippen LogP contribution in [0.5, 0.6) is 11.5 Å². The molecule has 0 aliphatic carbocycles. The van der Waals surface area contributed by atoms with Crippen LogP contribution >= 0.6 is 0 Å². The monoisotopic (exact) mass is 330 g/mol. The Kier molecular flexibility index (Phi) is 3.98. The van der Waals surface area contributed by atoms with Crippen LogP contribution in [0.25, 0.3) is 0 Å². The van der Waals surface area contributed by atoms with Crippen molar-refractivity contribution in [1.29, 1.82) is 0 Å². The van der Waals surface area contributed by atoms with Crippen molar-refractivity contribution in [1.82, 2.24) is 0 Å². The lowest BCUT2D eigenvalue weighted by molar-refractivity contribution is -0.149. The maximum absolute atomic E-state index is 13.0. The molecule has 1 heterocycles. The fourth-order valence-electron chi connectivity index (χ4n) is 3.20. The molecule has 1 unspecified atom stereocenters. The van der Waals surface area contributed by atoms with Gasteiger partial charge < -0.3 is 9.47 Å². The molecule has 3 aromatic rings. The third kappa shape index (κ3) is 2.89. The predicted molar refractivity (Wildman–Crippen MR) is 95.8 cm³/mol. The average Bonchev–Trinajstić information content (AvgIpc) is 2.66. The second-order valence-corrected chi connectivity index (χ2v) is 6.10. The van der Waals surface area contributed by atoms with E-state index in [-0.39, 0.29) is 12.1 Å². The molecule has 0 radical (unpaired) electrons. The maximum atomic E-state index is 13.0. The van der Waals surface area contributed by atoms with Crippen molar-refractivity contribution in [2.45, 2.75) is 18.9 Å². The molecule has 3 nitrogen and oxygen atoms in total. The Morgan fingerprint density at radius 1 is 0.840 bits per heavy atom. The summed E-state index contributed by atoms with van der Waals surface area (Å²) in [7, 11) is 0. The minimum Gasteiger partial charge on any atom is -0.457 e. The fourth-order valence-corrected chi connectivity index (χ4v) is 3.20. The zero-order valence-corrected chi connectivity index (χ0v) is 13.9. The molecule has 1 aliphatic heterocycles. The Morgan fingerprint density at radius 2 is 1.36 bits per heavy atom. The highest BCUT2D eigenvalue weighted by atomic mass is 16.5. The lowest BCUT2D eigenvalue weighted by atomic mass is 9.88. The molecule has 124 valence electrons. The van der Waals surface area contributed by atoms with Crippen LogP contribution in [-0.2, 0) is 9.53 Å². The SMILES string of the molecule is CC(OC(=O)C1c2ccccc2Oc2ccccc21)c1ccccc1. The van der Waals surface area contributed by atoms with E-state index in [9.17, 15) is 4.79 Å². The summed E-state index contributed by atoms with van der Waals surface area (Å²) in [4.78, 5) is 13.0. The van der Waals surface area contributed by atoms with Crippen molar-refractivity contribution >= 4 is 5.97 Å². The van der Waals surface area contributed by atoms with Gasteiger partial charge in [-0.15, -0.1) is 0 Å². The van der Waals surface area contributed by atoms with Gasteiger partial charge in [0.15, 0.2) is 0 Å². The number of hydrogen-bond acceptors (Lipinski definition) is 3. The Morgan fingerprint density at radius 3 is 1.96 bits per heavy atom. The molecular weight excluding hydrogens is 312 g/mol. The van der Waals surface area contributed by atoms with E-state index in [0.717, 1.165) is 16.7 Å². The number of fused-ring (bicyclic) bond motifs is 2. The summed E-state index contributed by atoms with van der Waals surface area (Å²) in [5.41, 5.74) is 2.66. The van der Waals surface area contributed by atoms with Crippen molar-refractivity contribution in [2.75, 3.05) is 0 Å². The first-order chi connectivity index (χ1) is 12.2. The minimum atomic E-state index is -0.479. The fraction of sp³-hybridized carbons (Fsp3) is 0.136. The number of rotatable bonds is 3. The molecule has 0 aromatic heterocycles. The first kappa shape index (κ1) is 15.5. The number of esters is 1. The van der Waals surface area contributed by atoms with E-state index in [1.807, 2.05) is 85.8 Å². The van der Waals surface area contributed by atoms with Crippen molar-refractivity contribution in [2.24, 2.45) is 0 Å². The van der Waals surface area contributed by atoms with Gasteiger partial charge in [0.1, 0.15) is 23.5 Å². The lowest BCUT2D eigenvalue weighted by Crippen LogP contribution is -2.22. The standard InChI is InChI=1S/C22H18O3/c1-15(16-9-3-2-4-10-16)24-22(23)21-17-11-5-7-13-19(17)25-20-14-8-6-12-18(20)21/h2-15,21H,1H3. The van der Waals surface area contributed by atoms with Crippen LogP contribution in [0.1, 0.15) is 35.6 Å². The summed E-state index contributed by atoms with van der Waals surface area (Å²) in [6, 6.07) is 25.0. The van der Waals surface area contributed by atoms with E-state index in [1.54, 1.807) is 0 Å². The summed E-state index contributed by atoms with van der Waals surface area (Å²) in [5, 5.41) is 0. The van der Waals surface area contributed by atoms with E-state index in [2.05, 4.69) is 0 Å². The molecule has 3 heteroatoms. The minimum absolute atomic E-state index is 0.264. The van der Waals surface area contributed by atoms with Gasteiger partial charge >= 0.3 is 5.97 Å². The number of benzene rings is 3. The van der Waals surface area contributed by atoms with Crippen molar-refractivity contribution in [3.8, 4) is 11.5 Å². The second-order valence-electron chi connectivity index (χ2n) is 6.10. The van der Waals surface area contributed by atoms with E-state index in [1.165, 1.54) is 0 Å². The highest BCUT2D eigenvalue weighted by molar-refractivity contribution is 5.85. The van der Waals surface area contributed by atoms with Crippen LogP contribution in [0.15, 0.2) is 78.9 Å². The number of hydrogen-bond donors (Lipinski definition) is 0. The number of ether oxygens (including phenoxy) is 2. The molecule has 0 fully saturated rings. The molecule has 0 bridgehead atoms. The van der Waals surface area contributed by atoms with E-state index < -0.39 is 5.92 Å². The van der Waals surface area contributed by atoms with Gasteiger partial charge in [0, 0.05) is 11.1 Å². The largest absolute Gasteiger partial charge is 0.457 e. The molecule has 0 saturated heterocycles. The normalized spacial score (nSPS) is 14.0. The van der Waals surface area contributed by atoms with Crippen molar-refractivity contribution in [3.05, 3.63) is 95.6 Å². The Labute approximate surface area is 146 Å². The molecule has 0 spiro atoms. The molecule has 0 N–H and O–H groups in total. The zero-order chi connectivity index (χ0) is 17.2. The molecule has 4 rings (SSSR count). The van der Waals surface area contributed by atoms with Crippen LogP contribution in [-0.4, -0.2) is 5.97 Å². The quantitative estimate of drug-likeness (QED) is 0.617. The van der Waals surface area contributed by atoms with Gasteiger partial charge in [-0.1, -0.05) is 66.7 Å². The van der Waals surface area contributed by atoms with Crippen molar-refractivity contribution in [3.63, 3.8) is 0 Å². The molecule has 25 heavy (non-hydrogen) atoms. The smallest absolute Gasteiger partial charge is 0.318 e. The summed E-state index contributed by atoms with van der Waals surface area (Å²) >= 11 is 0. The van der Waals surface area contributed by atoms with Gasteiger partial charge in [-0.25, -0.2) is 0 Å². The maximum Gasteiger partial charge on any atom is 0.318 e. The number of carbonyl (C=O) groups is 1. The molecular formula is C22H18O3. The lowest BCUT2D eigenvalue weighted by Gasteiger charge is -2.27. The molecule has 3 aromatic carbocycles. The predicted octanol–water partition coefficient (Wildman–Crippen LogP) is 5.23. The van der Waals surface area contributed by atoms with E-state index >= 15 is 0 Å². The van der Waals surface area contributed by atoms with Crippen LogP contribution < -0.4 is 4.74 Å². The second kappa shape index (κ2) is 6.44. The third-order valence-electron chi connectivity index (χ3n) is 4.48. The Hall–Kier alpha value is -3.07. The van der Waals surface area contributed by atoms with Crippen LogP contribution in [0.3, 0.4) is 0 Å². The average molecular weight is 330 g/mol. The first-order valence-corrected chi connectivity index (χ1v) is 8.35. The summed E-state index contributed by atoms with van der Waals surface area (Å²) in [6.45, 7) is 1.89. The molecule has 1 aliphatic rings. The topological polar surface area (TPSA) is 35.5 Å². The van der Waals surface area contributed by atoms with E-state index in [0.29, 0.717) is 11.5 Å². The molecule has 0 saturated carbocycles.